The van der Waals surface area contributed by atoms with Crippen molar-refractivity contribution in [2.45, 2.75) is 31.7 Å². The van der Waals surface area contributed by atoms with Gasteiger partial charge in [0.15, 0.2) is 0 Å². The third-order valence-corrected chi connectivity index (χ3v) is 4.75. The summed E-state index contributed by atoms with van der Waals surface area (Å²) >= 11 is 7.97. The van der Waals surface area contributed by atoms with Gasteiger partial charge in [-0.15, -0.1) is 0 Å². The minimum Gasteiger partial charge on any atom is -0.481 e. The van der Waals surface area contributed by atoms with Gasteiger partial charge in [0.25, 0.3) is 5.91 Å². The number of nitrogens with one attached hydrogen (secondary N) is 1. The van der Waals surface area contributed by atoms with Crippen LogP contribution in [0.3, 0.4) is 0 Å². The third-order valence-electron chi connectivity index (χ3n) is 3.57. The van der Waals surface area contributed by atoms with Crippen LogP contribution in [-0.4, -0.2) is 23.0 Å². The average Bonchev–Trinajstić information content (AvgIpc) is 2.41. The summed E-state index contributed by atoms with van der Waals surface area (Å²) < 4.78 is 0.798. The molecule has 0 aliphatic heterocycles. The molecule has 0 aromatic heterocycles. The number of carboxylic acid groups (broad SMARTS) is 1. The third kappa shape index (κ3) is 3.63. The van der Waals surface area contributed by atoms with Gasteiger partial charge in [-0.1, -0.05) is 24.4 Å². The van der Waals surface area contributed by atoms with Crippen LogP contribution in [0.5, 0.6) is 0 Å². The molecule has 1 amide bonds. The van der Waals surface area contributed by atoms with Gasteiger partial charge in [-0.25, -0.2) is 0 Å². The molecule has 0 heterocycles. The molecular formula is C14H15ClINO3. The summed E-state index contributed by atoms with van der Waals surface area (Å²) in [4.78, 5) is 23.5. The maximum absolute atomic E-state index is 12.3. The number of halogens is 2. The number of hydrogen-bond donors (Lipinski definition) is 2. The second-order valence-electron chi connectivity index (χ2n) is 4.93. The molecule has 0 bridgehead atoms. The van der Waals surface area contributed by atoms with Gasteiger partial charge < -0.3 is 10.4 Å². The van der Waals surface area contributed by atoms with E-state index in [1.807, 2.05) is 0 Å². The predicted molar refractivity (Wildman–Crippen MR) is 85.0 cm³/mol. The Hall–Kier alpha value is -0.820. The molecule has 20 heavy (non-hydrogen) atoms. The van der Waals surface area contributed by atoms with Crippen LogP contribution >= 0.6 is 34.2 Å². The van der Waals surface area contributed by atoms with Crippen molar-refractivity contribution in [2.75, 3.05) is 0 Å². The second kappa shape index (κ2) is 6.76. The van der Waals surface area contributed by atoms with Crippen LogP contribution in [0, 0.1) is 9.49 Å². The zero-order valence-electron chi connectivity index (χ0n) is 10.7. The fraction of sp³-hybridized carbons (Fsp3) is 0.429. The Morgan fingerprint density at radius 1 is 1.30 bits per heavy atom. The first-order valence-corrected chi connectivity index (χ1v) is 7.93. The molecule has 0 spiro atoms. The van der Waals surface area contributed by atoms with Crippen molar-refractivity contribution in [3.8, 4) is 0 Å². The van der Waals surface area contributed by atoms with Gasteiger partial charge in [0, 0.05) is 14.6 Å². The number of hydrogen-bond acceptors (Lipinski definition) is 2. The highest BCUT2D eigenvalue weighted by Gasteiger charge is 2.32. The predicted octanol–water partition coefficient (Wildman–Crippen LogP) is 3.32. The summed E-state index contributed by atoms with van der Waals surface area (Å²) in [5.74, 6) is -1.59. The van der Waals surface area contributed by atoms with Crippen molar-refractivity contribution < 1.29 is 14.7 Å². The summed E-state index contributed by atoms with van der Waals surface area (Å²) in [6.07, 6.45) is 3.17. The van der Waals surface area contributed by atoms with Crippen molar-refractivity contribution in [1.29, 1.82) is 0 Å². The van der Waals surface area contributed by atoms with E-state index < -0.39 is 11.9 Å². The number of rotatable bonds is 3. The van der Waals surface area contributed by atoms with Crippen molar-refractivity contribution in [3.63, 3.8) is 0 Å². The van der Waals surface area contributed by atoms with Crippen molar-refractivity contribution in [3.05, 3.63) is 32.4 Å². The molecule has 1 aromatic rings. The first-order chi connectivity index (χ1) is 9.49. The molecule has 1 aliphatic carbocycles. The molecule has 2 atom stereocenters. The van der Waals surface area contributed by atoms with E-state index in [-0.39, 0.29) is 11.9 Å². The fourth-order valence-corrected chi connectivity index (χ4v) is 3.27. The lowest BCUT2D eigenvalue weighted by atomic mass is 9.84. The monoisotopic (exact) mass is 407 g/mol. The molecule has 1 saturated carbocycles. The lowest BCUT2D eigenvalue weighted by Crippen LogP contribution is -2.45. The van der Waals surface area contributed by atoms with Crippen LogP contribution in [-0.2, 0) is 4.79 Å². The molecule has 1 aliphatic rings. The van der Waals surface area contributed by atoms with Crippen molar-refractivity contribution in [1.82, 2.24) is 5.32 Å². The van der Waals surface area contributed by atoms with E-state index in [1.54, 1.807) is 18.2 Å². The van der Waals surface area contributed by atoms with Crippen LogP contribution in [0.1, 0.15) is 36.0 Å². The van der Waals surface area contributed by atoms with E-state index >= 15 is 0 Å². The maximum atomic E-state index is 12.3. The molecule has 2 rings (SSSR count). The molecule has 2 N–H and O–H groups in total. The van der Waals surface area contributed by atoms with Crippen LogP contribution in [0.25, 0.3) is 0 Å². The molecule has 108 valence electrons. The van der Waals surface area contributed by atoms with E-state index in [1.165, 1.54) is 0 Å². The SMILES string of the molecule is O=C(NC1CCCCC1C(=O)O)c1cc(Cl)ccc1I. The lowest BCUT2D eigenvalue weighted by molar-refractivity contribution is -0.143. The summed E-state index contributed by atoms with van der Waals surface area (Å²) in [7, 11) is 0. The molecule has 6 heteroatoms. The van der Waals surface area contributed by atoms with Gasteiger partial charge in [-0.05, 0) is 53.6 Å². The molecule has 1 aromatic carbocycles. The van der Waals surface area contributed by atoms with Crippen LogP contribution < -0.4 is 5.32 Å². The Kier molecular flexibility index (Phi) is 5.26. The zero-order chi connectivity index (χ0) is 14.7. The lowest BCUT2D eigenvalue weighted by Gasteiger charge is -2.29. The van der Waals surface area contributed by atoms with Gasteiger partial charge in [-0.2, -0.15) is 0 Å². The van der Waals surface area contributed by atoms with E-state index in [0.717, 1.165) is 16.4 Å². The van der Waals surface area contributed by atoms with Gasteiger partial charge in [0.1, 0.15) is 0 Å². The van der Waals surface area contributed by atoms with Gasteiger partial charge in [0.2, 0.25) is 0 Å². The number of carboxylic acids is 1. The molecule has 1 fully saturated rings. The van der Waals surface area contributed by atoms with Crippen LogP contribution in [0.4, 0.5) is 0 Å². The molecule has 0 saturated heterocycles. The minimum absolute atomic E-state index is 0.255. The summed E-state index contributed by atoms with van der Waals surface area (Å²) in [5, 5.41) is 12.6. The first kappa shape index (κ1) is 15.6. The highest BCUT2D eigenvalue weighted by Crippen LogP contribution is 2.25. The standard InChI is InChI=1S/C14H15ClINO3/c15-8-5-6-11(16)10(7-8)13(18)17-12-4-2-1-3-9(12)14(19)20/h5-7,9,12H,1-4H2,(H,17,18)(H,19,20). The summed E-state index contributed by atoms with van der Waals surface area (Å²) in [6, 6.07) is 4.80. The summed E-state index contributed by atoms with van der Waals surface area (Å²) in [6.45, 7) is 0. The minimum atomic E-state index is -0.837. The number of carbonyl (C=O) groups is 2. The van der Waals surface area contributed by atoms with Gasteiger partial charge in [0.05, 0.1) is 11.5 Å². The Labute approximate surface area is 136 Å². The van der Waals surface area contributed by atoms with Gasteiger partial charge in [-0.3, -0.25) is 9.59 Å². The number of amides is 1. The van der Waals surface area contributed by atoms with Crippen molar-refractivity contribution in [2.24, 2.45) is 5.92 Å². The van der Waals surface area contributed by atoms with Crippen molar-refractivity contribution >= 4 is 46.1 Å². The maximum Gasteiger partial charge on any atom is 0.308 e. The molecule has 0 radical (unpaired) electrons. The topological polar surface area (TPSA) is 66.4 Å². The Morgan fingerprint density at radius 3 is 2.70 bits per heavy atom. The quantitative estimate of drug-likeness (QED) is 0.756. The fourth-order valence-electron chi connectivity index (χ4n) is 2.52. The number of carbonyl (C=O) groups excluding carboxylic acids is 1. The highest BCUT2D eigenvalue weighted by molar-refractivity contribution is 14.1. The van der Waals surface area contributed by atoms with E-state index in [4.69, 9.17) is 11.6 Å². The van der Waals surface area contributed by atoms with Gasteiger partial charge >= 0.3 is 5.97 Å². The molecule has 4 nitrogen and oxygen atoms in total. The molecular weight excluding hydrogens is 393 g/mol. The first-order valence-electron chi connectivity index (χ1n) is 6.48. The van der Waals surface area contributed by atoms with Crippen LogP contribution in [0.15, 0.2) is 18.2 Å². The normalized spacial score (nSPS) is 22.3. The average molecular weight is 408 g/mol. The smallest absolute Gasteiger partial charge is 0.308 e. The number of benzene rings is 1. The Bertz CT molecular complexity index is 535. The Balaban J connectivity index is 2.13. The number of aliphatic carboxylic acids is 1. The van der Waals surface area contributed by atoms with E-state index in [2.05, 4.69) is 27.9 Å². The van der Waals surface area contributed by atoms with Crippen LogP contribution in [0.2, 0.25) is 5.02 Å². The Morgan fingerprint density at radius 2 is 2.00 bits per heavy atom. The van der Waals surface area contributed by atoms with E-state index in [9.17, 15) is 14.7 Å². The second-order valence-corrected chi connectivity index (χ2v) is 6.53. The molecule has 2 unspecified atom stereocenters. The summed E-state index contributed by atoms with van der Waals surface area (Å²) in [5.41, 5.74) is 0.493. The van der Waals surface area contributed by atoms with E-state index in [0.29, 0.717) is 23.4 Å². The highest BCUT2D eigenvalue weighted by atomic mass is 127. The zero-order valence-corrected chi connectivity index (χ0v) is 13.6. The largest absolute Gasteiger partial charge is 0.481 e.